The van der Waals surface area contributed by atoms with E-state index >= 15 is 0 Å². The molecule has 0 bridgehead atoms. The minimum absolute atomic E-state index is 0.0757. The van der Waals surface area contributed by atoms with Gasteiger partial charge in [0.15, 0.2) is 0 Å². The molecule has 1 rings (SSSR count). The molecule has 0 saturated carbocycles. The van der Waals surface area contributed by atoms with Gasteiger partial charge in [-0.3, -0.25) is 0 Å². The Labute approximate surface area is 136 Å². The SMILES string of the molecule is CC(/C=N/N(CCC#N)C(=O)Nc1ccccc1Cl)C(F)(F)F. The highest BCUT2D eigenvalue weighted by molar-refractivity contribution is 6.33. The first-order valence-electron chi connectivity index (χ1n) is 6.56. The minimum Gasteiger partial charge on any atom is -0.305 e. The lowest BCUT2D eigenvalue weighted by Gasteiger charge is -2.18. The quantitative estimate of drug-likeness (QED) is 0.639. The number of hydrazone groups is 1. The average molecular weight is 347 g/mol. The summed E-state index contributed by atoms with van der Waals surface area (Å²) >= 11 is 5.89. The number of benzene rings is 1. The third-order valence-corrected chi connectivity index (χ3v) is 3.06. The molecule has 0 radical (unpaired) electrons. The van der Waals surface area contributed by atoms with Crippen molar-refractivity contribution in [3.8, 4) is 6.07 Å². The van der Waals surface area contributed by atoms with Gasteiger partial charge in [-0.25, -0.2) is 9.80 Å². The summed E-state index contributed by atoms with van der Waals surface area (Å²) in [5, 5.41) is 15.6. The molecule has 0 aliphatic carbocycles. The van der Waals surface area contributed by atoms with Gasteiger partial charge in [0.05, 0.1) is 35.7 Å². The monoisotopic (exact) mass is 346 g/mol. The maximum absolute atomic E-state index is 12.5. The van der Waals surface area contributed by atoms with Crippen molar-refractivity contribution in [1.82, 2.24) is 5.01 Å². The molecular weight excluding hydrogens is 333 g/mol. The normalized spacial score (nSPS) is 12.7. The Hall–Kier alpha value is -2.27. The summed E-state index contributed by atoms with van der Waals surface area (Å²) in [6.45, 7) is 0.770. The third kappa shape index (κ3) is 6.16. The second-order valence-corrected chi connectivity index (χ2v) is 4.94. The molecule has 9 heteroatoms. The number of anilines is 1. The van der Waals surface area contributed by atoms with Crippen LogP contribution in [-0.2, 0) is 0 Å². The van der Waals surface area contributed by atoms with Crippen LogP contribution in [0.15, 0.2) is 29.4 Å². The first-order chi connectivity index (χ1) is 10.8. The van der Waals surface area contributed by atoms with Crippen LogP contribution in [0, 0.1) is 17.2 Å². The first kappa shape index (κ1) is 18.8. The van der Waals surface area contributed by atoms with Crippen LogP contribution >= 0.6 is 11.6 Å². The Morgan fingerprint density at radius 2 is 2.17 bits per heavy atom. The maximum atomic E-state index is 12.5. The van der Waals surface area contributed by atoms with Crippen LogP contribution in [0.3, 0.4) is 0 Å². The summed E-state index contributed by atoms with van der Waals surface area (Å²) in [5.41, 5.74) is 0.292. The number of nitrogens with one attached hydrogen (secondary N) is 1. The number of amides is 2. The van der Waals surface area contributed by atoms with Gasteiger partial charge in [-0.2, -0.15) is 23.5 Å². The summed E-state index contributed by atoms with van der Waals surface area (Å²) in [6.07, 6.45) is -3.92. The highest BCUT2D eigenvalue weighted by Gasteiger charge is 2.35. The van der Waals surface area contributed by atoms with E-state index in [0.717, 1.165) is 11.9 Å². The Morgan fingerprint density at radius 1 is 1.52 bits per heavy atom. The van der Waals surface area contributed by atoms with Crippen molar-refractivity contribution in [3.63, 3.8) is 0 Å². The van der Waals surface area contributed by atoms with Crippen LogP contribution in [0.5, 0.6) is 0 Å². The van der Waals surface area contributed by atoms with Crippen LogP contribution in [0.25, 0.3) is 0 Å². The van der Waals surface area contributed by atoms with Crippen LogP contribution in [-0.4, -0.2) is 30.0 Å². The lowest BCUT2D eigenvalue weighted by atomic mass is 10.2. The summed E-state index contributed by atoms with van der Waals surface area (Å²) < 4.78 is 37.4. The van der Waals surface area contributed by atoms with Crippen molar-refractivity contribution in [3.05, 3.63) is 29.3 Å². The summed E-state index contributed by atoms with van der Waals surface area (Å²) in [5.74, 6) is -1.82. The average Bonchev–Trinajstić information content (AvgIpc) is 2.48. The molecule has 1 atom stereocenters. The van der Waals surface area contributed by atoms with Crippen molar-refractivity contribution < 1.29 is 18.0 Å². The van der Waals surface area contributed by atoms with E-state index in [1.54, 1.807) is 24.3 Å². The van der Waals surface area contributed by atoms with Gasteiger partial charge in [-0.15, -0.1) is 0 Å². The van der Waals surface area contributed by atoms with E-state index in [4.69, 9.17) is 16.9 Å². The topological polar surface area (TPSA) is 68.5 Å². The Kier molecular flexibility index (Phi) is 6.85. The fraction of sp³-hybridized carbons (Fsp3) is 0.357. The zero-order chi connectivity index (χ0) is 17.5. The molecule has 0 saturated heterocycles. The molecule has 2 amide bonds. The molecule has 1 aromatic rings. The molecule has 0 aliphatic heterocycles. The number of alkyl halides is 3. The van der Waals surface area contributed by atoms with E-state index < -0.39 is 18.1 Å². The van der Waals surface area contributed by atoms with Gasteiger partial charge in [0.1, 0.15) is 0 Å². The minimum atomic E-state index is -4.45. The highest BCUT2D eigenvalue weighted by Crippen LogP contribution is 2.24. The highest BCUT2D eigenvalue weighted by atomic mass is 35.5. The Bertz CT molecular complexity index is 613. The number of nitrogens with zero attached hydrogens (tertiary/aromatic N) is 3. The Morgan fingerprint density at radius 3 is 2.74 bits per heavy atom. The zero-order valence-corrected chi connectivity index (χ0v) is 12.9. The summed E-state index contributed by atoms with van der Waals surface area (Å²) in [7, 11) is 0. The lowest BCUT2D eigenvalue weighted by molar-refractivity contribution is -0.149. The Balaban J connectivity index is 2.85. The molecule has 0 spiro atoms. The fourth-order valence-corrected chi connectivity index (χ4v) is 1.56. The van der Waals surface area contributed by atoms with E-state index in [0.29, 0.717) is 11.9 Å². The van der Waals surface area contributed by atoms with Crippen LogP contribution < -0.4 is 5.32 Å². The second kappa shape index (κ2) is 8.39. The van der Waals surface area contributed by atoms with Gasteiger partial charge in [0.2, 0.25) is 0 Å². The molecule has 5 nitrogen and oxygen atoms in total. The second-order valence-electron chi connectivity index (χ2n) is 4.54. The van der Waals surface area contributed by atoms with Crippen LogP contribution in [0.1, 0.15) is 13.3 Å². The largest absolute Gasteiger partial charge is 0.396 e. The van der Waals surface area contributed by atoms with Crippen molar-refractivity contribution in [2.24, 2.45) is 11.0 Å². The van der Waals surface area contributed by atoms with Crippen molar-refractivity contribution >= 4 is 29.5 Å². The molecule has 1 aromatic carbocycles. The van der Waals surface area contributed by atoms with Gasteiger partial charge < -0.3 is 5.32 Å². The number of rotatable bonds is 5. The van der Waals surface area contributed by atoms with Gasteiger partial charge in [-0.1, -0.05) is 23.7 Å². The van der Waals surface area contributed by atoms with Crippen LogP contribution in [0.2, 0.25) is 5.02 Å². The van der Waals surface area contributed by atoms with Gasteiger partial charge >= 0.3 is 12.2 Å². The van der Waals surface area contributed by atoms with Gasteiger partial charge in [0, 0.05) is 6.21 Å². The first-order valence-corrected chi connectivity index (χ1v) is 6.94. The number of carbonyl (C=O) groups is 1. The van der Waals surface area contributed by atoms with Crippen molar-refractivity contribution in [1.29, 1.82) is 5.26 Å². The molecule has 0 fully saturated rings. The number of hydrogen-bond acceptors (Lipinski definition) is 3. The standard InChI is InChI=1S/C14H14ClF3N4O/c1-10(14(16,17)18)9-20-22(8-4-7-19)13(23)21-12-6-3-2-5-11(12)15/h2-3,5-6,9-10H,4,8H2,1H3,(H,21,23)/b20-9+. The summed E-state index contributed by atoms with van der Waals surface area (Å²) in [6, 6.07) is 7.40. The molecule has 1 N–H and O–H groups in total. The number of halogens is 4. The smallest absolute Gasteiger partial charge is 0.305 e. The molecule has 23 heavy (non-hydrogen) atoms. The number of urea groups is 1. The predicted octanol–water partition coefficient (Wildman–Crippen LogP) is 4.27. The van der Waals surface area contributed by atoms with Crippen LogP contribution in [0.4, 0.5) is 23.7 Å². The number of carbonyl (C=O) groups excluding carboxylic acids is 1. The van der Waals surface area contributed by atoms with Gasteiger partial charge in [0.25, 0.3) is 0 Å². The van der Waals surface area contributed by atoms with Crippen molar-refractivity contribution in [2.45, 2.75) is 19.5 Å². The van der Waals surface area contributed by atoms with E-state index in [1.165, 1.54) is 6.07 Å². The molecule has 124 valence electrons. The number of hydrogen-bond donors (Lipinski definition) is 1. The predicted molar refractivity (Wildman–Crippen MR) is 81.1 cm³/mol. The third-order valence-electron chi connectivity index (χ3n) is 2.73. The number of para-hydroxylation sites is 1. The molecular formula is C14H14ClF3N4O. The van der Waals surface area contributed by atoms with E-state index in [-0.39, 0.29) is 18.0 Å². The zero-order valence-electron chi connectivity index (χ0n) is 12.1. The number of nitriles is 1. The molecule has 1 unspecified atom stereocenters. The molecule has 0 aliphatic rings. The summed E-state index contributed by atoms with van der Waals surface area (Å²) in [4.78, 5) is 12.1. The lowest BCUT2D eigenvalue weighted by Crippen LogP contribution is -2.32. The van der Waals surface area contributed by atoms with E-state index in [9.17, 15) is 18.0 Å². The fourth-order valence-electron chi connectivity index (χ4n) is 1.37. The van der Waals surface area contributed by atoms with E-state index in [1.807, 2.05) is 0 Å². The molecule has 0 aromatic heterocycles. The van der Waals surface area contributed by atoms with Gasteiger partial charge in [-0.05, 0) is 19.1 Å². The molecule has 0 heterocycles. The van der Waals surface area contributed by atoms with Crippen molar-refractivity contribution in [2.75, 3.05) is 11.9 Å². The van der Waals surface area contributed by atoms with E-state index in [2.05, 4.69) is 10.4 Å². The maximum Gasteiger partial charge on any atom is 0.396 e.